The fourth-order valence-electron chi connectivity index (χ4n) is 2.43. The van der Waals surface area contributed by atoms with Gasteiger partial charge in [0.25, 0.3) is 0 Å². The molecule has 0 aromatic heterocycles. The number of hydrogen-bond acceptors (Lipinski definition) is 1. The van der Waals surface area contributed by atoms with Crippen LogP contribution in [0.5, 0.6) is 0 Å². The van der Waals surface area contributed by atoms with Crippen molar-refractivity contribution in [1.29, 1.82) is 0 Å². The molecule has 0 aliphatic heterocycles. The summed E-state index contributed by atoms with van der Waals surface area (Å²) >= 11 is 0. The molecule has 0 radical (unpaired) electrons. The normalized spacial score (nSPS) is 15.8. The van der Waals surface area contributed by atoms with E-state index in [1.54, 1.807) is 5.57 Å². The number of allylic oxidation sites excluding steroid dienone is 1. The monoisotopic (exact) mass is 313 g/mol. The first-order valence-corrected chi connectivity index (χ1v) is 14.7. The topological polar surface area (TPSA) is 12.0 Å². The lowest BCUT2D eigenvalue weighted by Crippen LogP contribution is -2.52. The van der Waals surface area contributed by atoms with Gasteiger partial charge in [0, 0.05) is 13.6 Å². The lowest BCUT2D eigenvalue weighted by Gasteiger charge is -2.42. The van der Waals surface area contributed by atoms with Crippen LogP contribution < -0.4 is 5.32 Å². The average molecular weight is 314 g/mol. The molecule has 0 amide bonds. The summed E-state index contributed by atoms with van der Waals surface area (Å²) in [5.74, 6) is 0. The van der Waals surface area contributed by atoms with Gasteiger partial charge in [-0.25, -0.2) is 0 Å². The minimum atomic E-state index is -1.15. The number of hydrogen-bond donors (Lipinski definition) is 1. The molecule has 2 unspecified atom stereocenters. The predicted molar refractivity (Wildman–Crippen MR) is 101 cm³/mol. The third kappa shape index (κ3) is 6.73. The SMILES string of the molecule is CCC(C)NCCC[SiH](C=C(C)C)[Si](C)(C)C(C)(C)C. The van der Waals surface area contributed by atoms with Crippen molar-refractivity contribution in [2.45, 2.75) is 91.5 Å². The second kappa shape index (κ2) is 8.55. The molecular weight excluding hydrogens is 274 g/mol. The third-order valence-electron chi connectivity index (χ3n) is 5.19. The molecule has 1 nitrogen and oxygen atoms in total. The van der Waals surface area contributed by atoms with Gasteiger partial charge in [-0.2, -0.15) is 0 Å². The van der Waals surface area contributed by atoms with Crippen molar-refractivity contribution < 1.29 is 0 Å². The second-order valence-electron chi connectivity index (χ2n) is 8.23. The van der Waals surface area contributed by atoms with Crippen LogP contribution in [-0.4, -0.2) is 28.5 Å². The smallest absolute Gasteiger partial charge is 0.0560 e. The summed E-state index contributed by atoms with van der Waals surface area (Å²) < 4.78 is 0. The van der Waals surface area contributed by atoms with Gasteiger partial charge in [0.2, 0.25) is 0 Å². The van der Waals surface area contributed by atoms with Gasteiger partial charge in [-0.1, -0.05) is 52.4 Å². The molecule has 20 heavy (non-hydrogen) atoms. The lowest BCUT2D eigenvalue weighted by atomic mass is 10.2. The van der Waals surface area contributed by atoms with Crippen LogP contribution in [0.4, 0.5) is 0 Å². The summed E-state index contributed by atoms with van der Waals surface area (Å²) in [5, 5.41) is 4.18. The molecule has 0 saturated carbocycles. The molecule has 0 aliphatic carbocycles. The highest BCUT2D eigenvalue weighted by Crippen LogP contribution is 2.39. The van der Waals surface area contributed by atoms with E-state index in [0.717, 1.165) is 0 Å². The van der Waals surface area contributed by atoms with Gasteiger partial charge in [0.05, 0.1) is 8.31 Å². The fourth-order valence-corrected chi connectivity index (χ4v) is 14.7. The van der Waals surface area contributed by atoms with Crippen LogP contribution in [0.3, 0.4) is 0 Å². The highest BCUT2D eigenvalue weighted by atomic mass is 29.2. The van der Waals surface area contributed by atoms with Crippen LogP contribution in [-0.2, 0) is 0 Å². The standard InChI is InChI=1S/C17H39NSi2/c1-10-16(4)18-12-11-13-19(14-15(2)3)20(8,9)17(5,6)7/h14,16,18-19H,10-13H2,1-9H3. The van der Waals surface area contributed by atoms with Gasteiger partial charge >= 0.3 is 0 Å². The van der Waals surface area contributed by atoms with Crippen molar-refractivity contribution in [3.05, 3.63) is 11.3 Å². The quantitative estimate of drug-likeness (QED) is 0.486. The van der Waals surface area contributed by atoms with Crippen molar-refractivity contribution in [2.24, 2.45) is 0 Å². The van der Waals surface area contributed by atoms with Crippen LogP contribution in [0.15, 0.2) is 11.3 Å². The van der Waals surface area contributed by atoms with E-state index in [-0.39, 0.29) is 0 Å². The number of nitrogens with one attached hydrogen (secondary N) is 1. The molecule has 0 spiro atoms. The highest BCUT2D eigenvalue weighted by Gasteiger charge is 2.41. The molecule has 3 heteroatoms. The van der Waals surface area contributed by atoms with Crippen molar-refractivity contribution >= 4 is 15.9 Å². The summed E-state index contributed by atoms with van der Waals surface area (Å²) in [6.07, 6.45) is 2.59. The van der Waals surface area contributed by atoms with Gasteiger partial charge in [-0.05, 0) is 45.2 Å². The third-order valence-corrected chi connectivity index (χ3v) is 22.5. The van der Waals surface area contributed by atoms with E-state index >= 15 is 0 Å². The zero-order valence-electron chi connectivity index (χ0n) is 15.6. The second-order valence-corrected chi connectivity index (χ2v) is 21.8. The molecule has 0 heterocycles. The minimum absolute atomic E-state index is 0.528. The van der Waals surface area contributed by atoms with Crippen molar-refractivity contribution in [1.82, 2.24) is 5.32 Å². The van der Waals surface area contributed by atoms with Crippen molar-refractivity contribution in [2.75, 3.05) is 6.54 Å². The molecule has 0 aromatic carbocycles. The van der Waals surface area contributed by atoms with Gasteiger partial charge in [0.1, 0.15) is 0 Å². The Kier molecular flexibility index (Phi) is 8.60. The molecule has 0 fully saturated rings. The molecular formula is C17H39NSi2. The zero-order valence-corrected chi connectivity index (χ0v) is 17.7. The van der Waals surface area contributed by atoms with Crippen LogP contribution in [0.1, 0.15) is 61.3 Å². The highest BCUT2D eigenvalue weighted by molar-refractivity contribution is 7.35. The Balaban J connectivity index is 4.64. The molecule has 0 aromatic rings. The summed E-state index contributed by atoms with van der Waals surface area (Å²) in [5.41, 5.74) is 4.24. The number of rotatable bonds is 8. The summed E-state index contributed by atoms with van der Waals surface area (Å²) in [4.78, 5) is 0. The van der Waals surface area contributed by atoms with E-state index in [9.17, 15) is 0 Å². The van der Waals surface area contributed by atoms with E-state index in [2.05, 4.69) is 72.6 Å². The minimum Gasteiger partial charge on any atom is -0.314 e. The maximum atomic E-state index is 3.65. The van der Waals surface area contributed by atoms with E-state index in [1.165, 1.54) is 25.4 Å². The van der Waals surface area contributed by atoms with Gasteiger partial charge in [-0.3, -0.25) is 0 Å². The molecule has 2 atom stereocenters. The molecule has 0 rings (SSSR count). The first kappa shape index (κ1) is 20.1. The van der Waals surface area contributed by atoms with Crippen LogP contribution in [0.2, 0.25) is 24.2 Å². The first-order chi connectivity index (χ1) is 9.02. The Morgan fingerprint density at radius 1 is 1.25 bits per heavy atom. The van der Waals surface area contributed by atoms with Gasteiger partial charge in [-0.15, -0.1) is 5.70 Å². The lowest BCUT2D eigenvalue weighted by molar-refractivity contribution is 0.532. The molecule has 0 saturated heterocycles. The van der Waals surface area contributed by atoms with E-state index in [0.29, 0.717) is 11.1 Å². The van der Waals surface area contributed by atoms with Crippen LogP contribution in [0, 0.1) is 0 Å². The zero-order chi connectivity index (χ0) is 16.0. The van der Waals surface area contributed by atoms with Crippen LogP contribution >= 0.6 is 0 Å². The van der Waals surface area contributed by atoms with E-state index in [1.807, 2.05) is 0 Å². The predicted octanol–water partition coefficient (Wildman–Crippen LogP) is 5.08. The Labute approximate surface area is 131 Å². The Bertz CT molecular complexity index is 299. The Morgan fingerprint density at radius 3 is 2.20 bits per heavy atom. The summed E-state index contributed by atoms with van der Waals surface area (Å²) in [6.45, 7) is 23.0. The van der Waals surface area contributed by atoms with Gasteiger partial charge in [0.15, 0.2) is 0 Å². The average Bonchev–Trinajstić information content (AvgIpc) is 2.30. The van der Waals surface area contributed by atoms with Crippen LogP contribution in [0.25, 0.3) is 0 Å². The van der Waals surface area contributed by atoms with Gasteiger partial charge < -0.3 is 5.32 Å². The summed E-state index contributed by atoms with van der Waals surface area (Å²) in [6, 6.07) is 2.15. The summed E-state index contributed by atoms with van der Waals surface area (Å²) in [7, 11) is -1.91. The molecule has 0 aliphatic rings. The maximum absolute atomic E-state index is 3.65. The molecule has 120 valence electrons. The van der Waals surface area contributed by atoms with E-state index in [4.69, 9.17) is 0 Å². The Morgan fingerprint density at radius 2 is 1.80 bits per heavy atom. The van der Waals surface area contributed by atoms with Crippen molar-refractivity contribution in [3.63, 3.8) is 0 Å². The first-order valence-electron chi connectivity index (χ1n) is 8.40. The largest absolute Gasteiger partial charge is 0.314 e. The maximum Gasteiger partial charge on any atom is 0.0560 e. The Hall–Kier alpha value is 0.134. The molecule has 1 N–H and O–H groups in total. The molecule has 0 bridgehead atoms. The van der Waals surface area contributed by atoms with Crippen molar-refractivity contribution in [3.8, 4) is 0 Å². The fraction of sp³-hybridized carbons (Fsp3) is 0.882. The van der Waals surface area contributed by atoms with E-state index < -0.39 is 15.9 Å².